The number of carbonyl (C=O) groups is 1. The van der Waals surface area contributed by atoms with Crippen molar-refractivity contribution in [3.63, 3.8) is 0 Å². The Morgan fingerprint density at radius 2 is 2.62 bits per heavy atom. The van der Waals surface area contributed by atoms with Crippen LogP contribution in [-0.4, -0.2) is 28.7 Å². The molecule has 0 unspecified atom stereocenters. The fraction of sp³-hybridized carbons (Fsp3) is 0.333. The molecule has 1 aromatic heterocycles. The third-order valence-electron chi connectivity index (χ3n) is 1.07. The van der Waals surface area contributed by atoms with Gasteiger partial charge in [0.15, 0.2) is 12.0 Å². The fourth-order valence-electron chi connectivity index (χ4n) is 0.588. The number of nitrogens with two attached hydrogens (primary N) is 1. The first kappa shape index (κ1) is 9.17. The molecule has 0 amide bonds. The Kier molecular flexibility index (Phi) is 2.96. The van der Waals surface area contributed by atoms with E-state index in [9.17, 15) is 4.79 Å². The number of nitrogen functional groups attached to an aromatic ring is 1. The van der Waals surface area contributed by atoms with Crippen molar-refractivity contribution in [2.24, 2.45) is 5.16 Å². The summed E-state index contributed by atoms with van der Waals surface area (Å²) in [4.78, 5) is 18.7. The van der Waals surface area contributed by atoms with Gasteiger partial charge in [-0.1, -0.05) is 10.3 Å². The van der Waals surface area contributed by atoms with E-state index in [4.69, 9.17) is 5.73 Å². The lowest BCUT2D eigenvalue weighted by molar-refractivity contribution is -0.102. The number of aldehydes is 1. The van der Waals surface area contributed by atoms with E-state index in [0.29, 0.717) is 12.9 Å². The molecule has 70 valence electrons. The standard InChI is InChI=1S/C6H8N4O3/c1-2-12-9-4(3-11)5-8-6(7)13-10-5/h3H,2H2,1H3,(H2,7,8,10)/b9-4+. The zero-order valence-corrected chi connectivity index (χ0v) is 6.93. The van der Waals surface area contributed by atoms with Gasteiger partial charge >= 0.3 is 6.01 Å². The Balaban J connectivity index is 2.84. The molecule has 0 saturated heterocycles. The number of carbonyl (C=O) groups excluding carboxylic acids is 1. The molecule has 0 radical (unpaired) electrons. The number of oxime groups is 1. The third-order valence-corrected chi connectivity index (χ3v) is 1.07. The highest BCUT2D eigenvalue weighted by molar-refractivity contribution is 6.34. The van der Waals surface area contributed by atoms with Crippen LogP contribution in [0.5, 0.6) is 0 Å². The summed E-state index contributed by atoms with van der Waals surface area (Å²) < 4.78 is 4.45. The quantitative estimate of drug-likeness (QED) is 0.387. The van der Waals surface area contributed by atoms with E-state index < -0.39 is 0 Å². The van der Waals surface area contributed by atoms with Gasteiger partial charge in [0.2, 0.25) is 5.82 Å². The molecule has 0 aliphatic carbocycles. The molecule has 1 heterocycles. The van der Waals surface area contributed by atoms with Crippen LogP contribution in [0.15, 0.2) is 9.68 Å². The minimum atomic E-state index is -0.124. The molecule has 0 aliphatic rings. The Bertz CT molecular complexity index is 319. The normalized spacial score (nSPS) is 11.3. The average Bonchev–Trinajstić information content (AvgIpc) is 2.54. The highest BCUT2D eigenvalue weighted by atomic mass is 16.6. The fourth-order valence-corrected chi connectivity index (χ4v) is 0.588. The summed E-state index contributed by atoms with van der Waals surface area (Å²) in [6.45, 7) is 2.08. The molecule has 0 saturated carbocycles. The first-order valence-electron chi connectivity index (χ1n) is 3.52. The summed E-state index contributed by atoms with van der Waals surface area (Å²) >= 11 is 0. The Labute approximate surface area is 73.5 Å². The van der Waals surface area contributed by atoms with Crippen molar-refractivity contribution < 1.29 is 14.2 Å². The van der Waals surface area contributed by atoms with Gasteiger partial charge in [-0.15, -0.1) is 0 Å². The third kappa shape index (κ3) is 2.26. The second-order valence-corrected chi connectivity index (χ2v) is 1.97. The van der Waals surface area contributed by atoms with Gasteiger partial charge in [-0.25, -0.2) is 0 Å². The van der Waals surface area contributed by atoms with Crippen LogP contribution in [0.4, 0.5) is 6.01 Å². The van der Waals surface area contributed by atoms with E-state index in [1.165, 1.54) is 0 Å². The van der Waals surface area contributed by atoms with Gasteiger partial charge in [0.1, 0.15) is 6.61 Å². The molecule has 2 N–H and O–H groups in total. The van der Waals surface area contributed by atoms with Gasteiger partial charge in [0.25, 0.3) is 0 Å². The van der Waals surface area contributed by atoms with Gasteiger partial charge < -0.3 is 15.1 Å². The van der Waals surface area contributed by atoms with E-state index in [-0.39, 0.29) is 17.6 Å². The summed E-state index contributed by atoms with van der Waals surface area (Å²) in [6, 6.07) is -0.124. The van der Waals surface area contributed by atoms with Crippen LogP contribution in [0, 0.1) is 0 Å². The van der Waals surface area contributed by atoms with Crippen molar-refractivity contribution >= 4 is 18.0 Å². The maximum Gasteiger partial charge on any atom is 0.319 e. The van der Waals surface area contributed by atoms with Crippen LogP contribution in [0.2, 0.25) is 0 Å². The molecule has 0 aromatic carbocycles. The second kappa shape index (κ2) is 4.19. The smallest absolute Gasteiger partial charge is 0.319 e. The lowest BCUT2D eigenvalue weighted by atomic mass is 10.4. The molecule has 0 aliphatic heterocycles. The summed E-state index contributed by atoms with van der Waals surface area (Å²) in [5.74, 6) is 0.0148. The van der Waals surface area contributed by atoms with Crippen LogP contribution in [-0.2, 0) is 9.63 Å². The molecular formula is C6H8N4O3. The molecule has 0 atom stereocenters. The highest BCUT2D eigenvalue weighted by Gasteiger charge is 2.10. The monoisotopic (exact) mass is 184 g/mol. The molecule has 1 aromatic rings. The largest absolute Gasteiger partial charge is 0.395 e. The Hall–Kier alpha value is -1.92. The number of nitrogens with zero attached hydrogens (tertiary/aromatic N) is 3. The van der Waals surface area contributed by atoms with Crippen LogP contribution < -0.4 is 5.73 Å². The zero-order valence-electron chi connectivity index (χ0n) is 6.93. The first-order valence-corrected chi connectivity index (χ1v) is 3.52. The summed E-state index contributed by atoms with van der Waals surface area (Å²) in [5, 5.41) is 6.84. The Morgan fingerprint density at radius 3 is 3.08 bits per heavy atom. The number of hydrogen-bond donors (Lipinski definition) is 1. The molecule has 0 spiro atoms. The van der Waals surface area contributed by atoms with Crippen molar-refractivity contribution in [1.29, 1.82) is 0 Å². The zero-order chi connectivity index (χ0) is 9.68. The summed E-state index contributed by atoms with van der Waals surface area (Å²) in [7, 11) is 0. The van der Waals surface area contributed by atoms with Crippen molar-refractivity contribution in [3.8, 4) is 0 Å². The predicted octanol–water partition coefficient (Wildman–Crippen LogP) is -0.409. The molecule has 13 heavy (non-hydrogen) atoms. The first-order chi connectivity index (χ1) is 6.27. The minimum Gasteiger partial charge on any atom is -0.395 e. The topological polar surface area (TPSA) is 104 Å². The minimum absolute atomic E-state index is 0.0148. The average molecular weight is 184 g/mol. The SMILES string of the molecule is CCO/N=C(\C=O)c1noc(N)n1. The molecular weight excluding hydrogens is 176 g/mol. The Morgan fingerprint density at radius 1 is 1.85 bits per heavy atom. The summed E-state index contributed by atoms with van der Waals surface area (Å²) in [5.41, 5.74) is 5.09. The van der Waals surface area contributed by atoms with E-state index >= 15 is 0 Å². The maximum absolute atomic E-state index is 10.4. The van der Waals surface area contributed by atoms with Gasteiger partial charge in [-0.2, -0.15) is 4.98 Å². The molecule has 0 bridgehead atoms. The number of anilines is 1. The van der Waals surface area contributed by atoms with Gasteiger partial charge in [-0.3, -0.25) is 4.79 Å². The van der Waals surface area contributed by atoms with E-state index in [1.54, 1.807) is 6.92 Å². The van der Waals surface area contributed by atoms with E-state index in [0.717, 1.165) is 0 Å². The van der Waals surface area contributed by atoms with Crippen molar-refractivity contribution in [2.45, 2.75) is 6.92 Å². The van der Waals surface area contributed by atoms with Crippen LogP contribution in [0.3, 0.4) is 0 Å². The lowest BCUT2D eigenvalue weighted by Crippen LogP contribution is -2.06. The lowest BCUT2D eigenvalue weighted by Gasteiger charge is -1.91. The van der Waals surface area contributed by atoms with Crippen LogP contribution in [0.1, 0.15) is 12.7 Å². The van der Waals surface area contributed by atoms with Gasteiger partial charge in [0.05, 0.1) is 0 Å². The van der Waals surface area contributed by atoms with Crippen molar-refractivity contribution in [1.82, 2.24) is 10.1 Å². The number of rotatable bonds is 4. The molecule has 0 fully saturated rings. The van der Waals surface area contributed by atoms with E-state index in [1.807, 2.05) is 0 Å². The van der Waals surface area contributed by atoms with Gasteiger partial charge in [0, 0.05) is 0 Å². The van der Waals surface area contributed by atoms with Crippen LogP contribution >= 0.6 is 0 Å². The number of aromatic nitrogens is 2. The van der Waals surface area contributed by atoms with Crippen LogP contribution in [0.25, 0.3) is 0 Å². The molecule has 7 nitrogen and oxygen atoms in total. The molecule has 1 rings (SSSR count). The highest BCUT2D eigenvalue weighted by Crippen LogP contribution is 1.98. The second-order valence-electron chi connectivity index (χ2n) is 1.97. The van der Waals surface area contributed by atoms with Crippen molar-refractivity contribution in [3.05, 3.63) is 5.82 Å². The molecule has 7 heteroatoms. The van der Waals surface area contributed by atoms with Crippen molar-refractivity contribution in [2.75, 3.05) is 12.3 Å². The van der Waals surface area contributed by atoms with E-state index in [2.05, 4.69) is 24.7 Å². The predicted molar refractivity (Wildman–Crippen MR) is 42.9 cm³/mol. The van der Waals surface area contributed by atoms with Gasteiger partial charge in [-0.05, 0) is 6.92 Å². The number of hydrogen-bond acceptors (Lipinski definition) is 7. The summed E-state index contributed by atoms with van der Waals surface area (Å²) in [6.07, 6.45) is 0.458. The maximum atomic E-state index is 10.4.